The second-order valence-electron chi connectivity index (χ2n) is 5.47. The highest BCUT2D eigenvalue weighted by Gasteiger charge is 2.24. The highest BCUT2D eigenvalue weighted by Crippen LogP contribution is 2.35. The summed E-state index contributed by atoms with van der Waals surface area (Å²) in [6.45, 7) is 2.86. The predicted octanol–water partition coefficient (Wildman–Crippen LogP) is 5.01. The largest absolute Gasteiger partial charge is 0.494 e. The van der Waals surface area contributed by atoms with Gasteiger partial charge in [0, 0.05) is 21.8 Å². The molecule has 0 fully saturated rings. The van der Waals surface area contributed by atoms with Gasteiger partial charge in [0.1, 0.15) is 5.75 Å². The molecule has 1 aliphatic heterocycles. The summed E-state index contributed by atoms with van der Waals surface area (Å²) in [5.74, 6) is 0.741. The van der Waals surface area contributed by atoms with Crippen LogP contribution in [0.25, 0.3) is 11.6 Å². The lowest BCUT2D eigenvalue weighted by Crippen LogP contribution is -2.03. The lowest BCUT2D eigenvalue weighted by Gasteiger charge is -2.05. The van der Waals surface area contributed by atoms with Gasteiger partial charge in [-0.25, -0.2) is 0 Å². The van der Waals surface area contributed by atoms with Crippen LogP contribution < -0.4 is 10.1 Å². The minimum absolute atomic E-state index is 0.106. The van der Waals surface area contributed by atoms with E-state index in [1.807, 2.05) is 42.5 Å². The number of unbranched alkanes of at least 4 members (excludes halogenated alkanes) is 1. The standard InChI is InChI=1S/C19H18ClNO2/c1-2-3-10-23-15-7-4-13(5-8-15)11-17-16-12-14(20)6-9-18(16)21-19(17)22/h4-9,11-12H,2-3,10H2,1H3,(H,21,22)/b17-11-. The van der Waals surface area contributed by atoms with Crippen LogP contribution in [0, 0.1) is 0 Å². The zero-order valence-electron chi connectivity index (χ0n) is 12.9. The fourth-order valence-corrected chi connectivity index (χ4v) is 2.64. The van der Waals surface area contributed by atoms with Crippen LogP contribution >= 0.6 is 11.6 Å². The summed E-state index contributed by atoms with van der Waals surface area (Å²) in [5.41, 5.74) is 3.21. The fourth-order valence-electron chi connectivity index (χ4n) is 2.46. The van der Waals surface area contributed by atoms with Gasteiger partial charge in [0.2, 0.25) is 0 Å². The van der Waals surface area contributed by atoms with Gasteiger partial charge in [0.25, 0.3) is 5.91 Å². The van der Waals surface area contributed by atoms with E-state index < -0.39 is 0 Å². The Bertz CT molecular complexity index is 750. The number of hydrogen-bond donors (Lipinski definition) is 1. The van der Waals surface area contributed by atoms with E-state index in [-0.39, 0.29) is 5.91 Å². The summed E-state index contributed by atoms with van der Waals surface area (Å²) >= 11 is 6.04. The molecular weight excluding hydrogens is 310 g/mol. The first-order chi connectivity index (χ1) is 11.2. The van der Waals surface area contributed by atoms with Crippen LogP contribution in [0.3, 0.4) is 0 Å². The Labute approximate surface area is 140 Å². The summed E-state index contributed by atoms with van der Waals surface area (Å²) in [6.07, 6.45) is 4.03. The smallest absolute Gasteiger partial charge is 0.256 e. The van der Waals surface area contributed by atoms with Crippen LogP contribution in [-0.2, 0) is 4.79 Å². The molecular formula is C19H18ClNO2. The molecule has 3 rings (SSSR count). The molecule has 2 aromatic carbocycles. The summed E-state index contributed by atoms with van der Waals surface area (Å²) in [6, 6.07) is 13.1. The maximum Gasteiger partial charge on any atom is 0.256 e. The van der Waals surface area contributed by atoms with E-state index in [0.29, 0.717) is 10.6 Å². The maximum atomic E-state index is 12.1. The van der Waals surface area contributed by atoms with E-state index in [1.54, 1.807) is 6.07 Å². The number of halogens is 1. The minimum Gasteiger partial charge on any atom is -0.494 e. The topological polar surface area (TPSA) is 38.3 Å². The van der Waals surface area contributed by atoms with Crippen molar-refractivity contribution in [2.45, 2.75) is 19.8 Å². The van der Waals surface area contributed by atoms with Crippen molar-refractivity contribution in [3.63, 3.8) is 0 Å². The zero-order chi connectivity index (χ0) is 16.2. The Morgan fingerprint density at radius 1 is 1.17 bits per heavy atom. The van der Waals surface area contributed by atoms with Gasteiger partial charge in [-0.05, 0) is 48.4 Å². The van der Waals surface area contributed by atoms with E-state index >= 15 is 0 Å². The zero-order valence-corrected chi connectivity index (χ0v) is 13.7. The van der Waals surface area contributed by atoms with Crippen LogP contribution in [-0.4, -0.2) is 12.5 Å². The van der Waals surface area contributed by atoms with Crippen LogP contribution in [0.4, 0.5) is 5.69 Å². The number of benzene rings is 2. The van der Waals surface area contributed by atoms with Gasteiger partial charge < -0.3 is 10.1 Å². The second kappa shape index (κ2) is 6.88. The van der Waals surface area contributed by atoms with Crippen LogP contribution in [0.2, 0.25) is 5.02 Å². The molecule has 118 valence electrons. The molecule has 0 aliphatic carbocycles. The van der Waals surface area contributed by atoms with Gasteiger partial charge in [0.15, 0.2) is 0 Å². The molecule has 0 bridgehead atoms. The maximum absolute atomic E-state index is 12.1. The van der Waals surface area contributed by atoms with Gasteiger partial charge in [0.05, 0.1) is 6.61 Å². The summed E-state index contributed by atoms with van der Waals surface area (Å²) < 4.78 is 5.65. The number of fused-ring (bicyclic) bond motifs is 1. The van der Waals surface area contributed by atoms with Gasteiger partial charge in [-0.3, -0.25) is 4.79 Å². The van der Waals surface area contributed by atoms with Gasteiger partial charge in [-0.15, -0.1) is 0 Å². The van der Waals surface area contributed by atoms with E-state index in [9.17, 15) is 4.79 Å². The number of amides is 1. The van der Waals surface area contributed by atoms with Crippen molar-refractivity contribution in [2.75, 3.05) is 11.9 Å². The fraction of sp³-hybridized carbons (Fsp3) is 0.211. The number of rotatable bonds is 5. The molecule has 0 saturated heterocycles. The molecule has 2 aromatic rings. The molecule has 1 N–H and O–H groups in total. The minimum atomic E-state index is -0.106. The Hall–Kier alpha value is -2.26. The SMILES string of the molecule is CCCCOc1ccc(/C=C2\C(=O)Nc3ccc(Cl)cc32)cc1. The third-order valence-corrected chi connectivity index (χ3v) is 3.96. The Balaban J connectivity index is 1.82. The number of ether oxygens (including phenoxy) is 1. The lowest BCUT2D eigenvalue weighted by molar-refractivity contribution is -0.110. The molecule has 0 atom stereocenters. The molecule has 0 spiro atoms. The van der Waals surface area contributed by atoms with Gasteiger partial charge in [-0.1, -0.05) is 37.1 Å². The second-order valence-corrected chi connectivity index (χ2v) is 5.91. The van der Waals surface area contributed by atoms with Crippen molar-refractivity contribution in [3.8, 4) is 5.75 Å². The highest BCUT2D eigenvalue weighted by molar-refractivity contribution is 6.36. The number of nitrogens with one attached hydrogen (secondary N) is 1. The Morgan fingerprint density at radius 3 is 2.70 bits per heavy atom. The number of carbonyl (C=O) groups excluding carboxylic acids is 1. The van der Waals surface area contributed by atoms with E-state index in [4.69, 9.17) is 16.3 Å². The van der Waals surface area contributed by atoms with E-state index in [0.717, 1.165) is 42.0 Å². The summed E-state index contributed by atoms with van der Waals surface area (Å²) in [5, 5.41) is 3.47. The average molecular weight is 328 g/mol. The van der Waals surface area contributed by atoms with Gasteiger partial charge >= 0.3 is 0 Å². The quantitative estimate of drug-likeness (QED) is 0.619. The lowest BCUT2D eigenvalue weighted by atomic mass is 10.0. The van der Waals surface area contributed by atoms with Crippen molar-refractivity contribution in [2.24, 2.45) is 0 Å². The van der Waals surface area contributed by atoms with Gasteiger partial charge in [-0.2, -0.15) is 0 Å². The van der Waals surface area contributed by atoms with Crippen molar-refractivity contribution in [1.29, 1.82) is 0 Å². The van der Waals surface area contributed by atoms with Crippen molar-refractivity contribution in [3.05, 3.63) is 58.6 Å². The number of hydrogen-bond acceptors (Lipinski definition) is 2. The molecule has 1 aliphatic rings. The van der Waals surface area contributed by atoms with E-state index in [2.05, 4.69) is 12.2 Å². The predicted molar refractivity (Wildman–Crippen MR) is 94.8 cm³/mol. The number of anilines is 1. The summed E-state index contributed by atoms with van der Waals surface area (Å²) in [7, 11) is 0. The van der Waals surface area contributed by atoms with Crippen molar-refractivity contribution in [1.82, 2.24) is 0 Å². The normalized spacial score (nSPS) is 14.7. The van der Waals surface area contributed by atoms with E-state index in [1.165, 1.54) is 0 Å². The molecule has 1 amide bonds. The first-order valence-electron chi connectivity index (χ1n) is 7.73. The monoisotopic (exact) mass is 327 g/mol. The van der Waals surface area contributed by atoms with Crippen molar-refractivity contribution >= 4 is 34.8 Å². The number of carbonyl (C=O) groups is 1. The highest BCUT2D eigenvalue weighted by atomic mass is 35.5. The Kier molecular flexibility index (Phi) is 4.68. The molecule has 1 heterocycles. The first-order valence-corrected chi connectivity index (χ1v) is 8.11. The van der Waals surface area contributed by atoms with Crippen LogP contribution in [0.1, 0.15) is 30.9 Å². The van der Waals surface area contributed by atoms with Crippen LogP contribution in [0.15, 0.2) is 42.5 Å². The van der Waals surface area contributed by atoms with Crippen molar-refractivity contribution < 1.29 is 9.53 Å². The molecule has 4 heteroatoms. The molecule has 0 unspecified atom stereocenters. The molecule has 0 saturated carbocycles. The van der Waals surface area contributed by atoms with Crippen LogP contribution in [0.5, 0.6) is 5.75 Å². The third kappa shape index (κ3) is 3.57. The molecule has 0 aromatic heterocycles. The average Bonchev–Trinajstić information content (AvgIpc) is 2.85. The molecule has 23 heavy (non-hydrogen) atoms. The molecule has 3 nitrogen and oxygen atoms in total. The summed E-state index contributed by atoms with van der Waals surface area (Å²) in [4.78, 5) is 12.1. The first kappa shape index (κ1) is 15.6. The Morgan fingerprint density at radius 2 is 1.96 bits per heavy atom. The third-order valence-electron chi connectivity index (χ3n) is 3.72. The molecule has 0 radical (unpaired) electrons.